The van der Waals surface area contributed by atoms with Crippen molar-refractivity contribution in [1.82, 2.24) is 9.55 Å². The lowest BCUT2D eigenvalue weighted by Gasteiger charge is -2.19. The lowest BCUT2D eigenvalue weighted by molar-refractivity contribution is 0.552. The summed E-state index contributed by atoms with van der Waals surface area (Å²) >= 11 is 0. The molecule has 5 aromatic rings. The summed E-state index contributed by atoms with van der Waals surface area (Å²) in [4.78, 5) is 16.9. The van der Waals surface area contributed by atoms with Crippen molar-refractivity contribution in [1.29, 1.82) is 5.26 Å². The number of unbranched alkanes of at least 4 members (excludes halogenated alkanes) is 1. The molecule has 1 N–H and O–H groups in total. The number of rotatable bonds is 6. The molecule has 0 aliphatic carbocycles. The van der Waals surface area contributed by atoms with Crippen molar-refractivity contribution < 1.29 is 12.3 Å². The molecule has 2 heterocycles. The zero-order chi connectivity index (χ0) is 26.5. The number of halogens is 1. The molecule has 5 rings (SSSR count). The van der Waals surface area contributed by atoms with Crippen molar-refractivity contribution in [3.05, 3.63) is 75.9 Å². The fourth-order valence-corrected chi connectivity index (χ4v) is 5.64. The highest BCUT2D eigenvalue weighted by molar-refractivity contribution is 7.86. The van der Waals surface area contributed by atoms with Crippen LogP contribution in [0, 0.1) is 11.3 Å². The van der Waals surface area contributed by atoms with E-state index in [4.69, 9.17) is 0 Å². The SMILES string of the molecule is CCCCc1cc2c(=O)c3c4ccc(C#N)cc4[nH]c3n(C(C)C)c2cc1-c1cccc(S(=O)(=O)F)c1. The van der Waals surface area contributed by atoms with Crippen LogP contribution in [0.5, 0.6) is 0 Å². The molecule has 0 fully saturated rings. The summed E-state index contributed by atoms with van der Waals surface area (Å²) in [5, 5.41) is 11.2. The van der Waals surface area contributed by atoms with Crippen LogP contribution in [0.4, 0.5) is 3.89 Å². The number of benzene rings is 3. The maximum atomic E-state index is 13.9. The first-order valence-corrected chi connectivity index (χ1v) is 13.6. The Morgan fingerprint density at radius 1 is 1.08 bits per heavy atom. The minimum absolute atomic E-state index is 0.0269. The van der Waals surface area contributed by atoms with E-state index in [0.717, 1.165) is 29.4 Å². The minimum atomic E-state index is -4.87. The number of hydrogen-bond donors (Lipinski definition) is 1. The number of aryl methyl sites for hydroxylation is 1. The van der Waals surface area contributed by atoms with Crippen molar-refractivity contribution in [2.45, 2.75) is 51.0 Å². The van der Waals surface area contributed by atoms with E-state index in [1.807, 2.05) is 26.0 Å². The van der Waals surface area contributed by atoms with Crippen LogP contribution < -0.4 is 5.43 Å². The van der Waals surface area contributed by atoms with Gasteiger partial charge in [-0.15, -0.1) is 3.89 Å². The Balaban J connectivity index is 1.92. The predicted octanol–water partition coefficient (Wildman–Crippen LogP) is 6.76. The van der Waals surface area contributed by atoms with Crippen molar-refractivity contribution >= 4 is 43.1 Å². The zero-order valence-corrected chi connectivity index (χ0v) is 21.6. The maximum Gasteiger partial charge on any atom is 0.332 e. The Labute approximate surface area is 214 Å². The summed E-state index contributed by atoms with van der Waals surface area (Å²) < 4.78 is 39.1. The molecule has 0 saturated carbocycles. The molecular formula is C29H26FN3O3S. The third-order valence-electron chi connectivity index (χ3n) is 6.84. The van der Waals surface area contributed by atoms with Crippen LogP contribution in [0.15, 0.2) is 64.3 Å². The van der Waals surface area contributed by atoms with Gasteiger partial charge in [0.25, 0.3) is 0 Å². The molecule has 0 amide bonds. The smallest absolute Gasteiger partial charge is 0.332 e. The second-order valence-electron chi connectivity index (χ2n) is 9.61. The topological polar surface area (TPSA) is 95.7 Å². The molecule has 0 radical (unpaired) electrons. The Morgan fingerprint density at radius 2 is 1.86 bits per heavy atom. The number of pyridine rings is 1. The van der Waals surface area contributed by atoms with Crippen LogP contribution >= 0.6 is 0 Å². The molecule has 188 valence electrons. The summed E-state index contributed by atoms with van der Waals surface area (Å²) in [6.45, 7) is 6.13. The highest BCUT2D eigenvalue weighted by Gasteiger charge is 2.21. The largest absolute Gasteiger partial charge is 0.340 e. The molecule has 8 heteroatoms. The molecule has 0 spiro atoms. The highest BCUT2D eigenvalue weighted by atomic mass is 32.3. The first-order valence-electron chi connectivity index (χ1n) is 12.3. The molecular weight excluding hydrogens is 489 g/mol. The molecule has 0 bridgehead atoms. The first kappa shape index (κ1) is 24.7. The lowest BCUT2D eigenvalue weighted by atomic mass is 9.93. The van der Waals surface area contributed by atoms with Gasteiger partial charge in [0, 0.05) is 22.3 Å². The molecule has 3 aromatic carbocycles. The van der Waals surface area contributed by atoms with Gasteiger partial charge in [0.1, 0.15) is 5.65 Å². The van der Waals surface area contributed by atoms with E-state index in [1.165, 1.54) is 18.2 Å². The molecule has 0 aliphatic rings. The average Bonchev–Trinajstić information content (AvgIpc) is 3.25. The Hall–Kier alpha value is -3.96. The number of H-pyrrole nitrogens is 1. The van der Waals surface area contributed by atoms with Crippen molar-refractivity contribution in [2.24, 2.45) is 0 Å². The number of nitrogens with zero attached hydrogens (tertiary/aromatic N) is 2. The van der Waals surface area contributed by atoms with Crippen molar-refractivity contribution in [3.63, 3.8) is 0 Å². The molecule has 37 heavy (non-hydrogen) atoms. The Morgan fingerprint density at radius 3 is 2.54 bits per heavy atom. The van der Waals surface area contributed by atoms with Crippen LogP contribution in [0.2, 0.25) is 0 Å². The predicted molar refractivity (Wildman–Crippen MR) is 145 cm³/mol. The van der Waals surface area contributed by atoms with Crippen LogP contribution in [0.1, 0.15) is 50.8 Å². The van der Waals surface area contributed by atoms with E-state index in [1.54, 1.807) is 24.3 Å². The third kappa shape index (κ3) is 4.19. The second kappa shape index (κ2) is 9.16. The number of hydrogen-bond acceptors (Lipinski definition) is 4. The van der Waals surface area contributed by atoms with E-state index in [-0.39, 0.29) is 11.5 Å². The quantitative estimate of drug-likeness (QED) is 0.253. The number of nitrogens with one attached hydrogen (secondary N) is 1. The molecule has 0 unspecified atom stereocenters. The van der Waals surface area contributed by atoms with Gasteiger partial charge >= 0.3 is 10.2 Å². The van der Waals surface area contributed by atoms with Crippen LogP contribution in [-0.4, -0.2) is 18.0 Å². The van der Waals surface area contributed by atoms with Gasteiger partial charge in [-0.25, -0.2) is 0 Å². The lowest BCUT2D eigenvalue weighted by Crippen LogP contribution is -2.13. The van der Waals surface area contributed by atoms with E-state index < -0.39 is 15.1 Å². The van der Waals surface area contributed by atoms with E-state index in [2.05, 4.69) is 22.5 Å². The molecule has 0 atom stereocenters. The van der Waals surface area contributed by atoms with Crippen LogP contribution in [0.25, 0.3) is 44.0 Å². The van der Waals surface area contributed by atoms with Gasteiger partial charge < -0.3 is 9.55 Å². The fourth-order valence-electron chi connectivity index (χ4n) is 5.13. The normalized spacial score (nSPS) is 12.1. The summed E-state index contributed by atoms with van der Waals surface area (Å²) in [7, 11) is -4.87. The van der Waals surface area contributed by atoms with Crippen LogP contribution in [-0.2, 0) is 16.6 Å². The number of fused-ring (bicyclic) bond motifs is 4. The summed E-state index contributed by atoms with van der Waals surface area (Å²) in [6, 6.07) is 17.0. The number of aromatic amines is 1. The summed E-state index contributed by atoms with van der Waals surface area (Å²) in [5.41, 5.74) is 4.70. The summed E-state index contributed by atoms with van der Waals surface area (Å²) in [6.07, 6.45) is 2.51. The maximum absolute atomic E-state index is 13.9. The number of aromatic nitrogens is 2. The van der Waals surface area contributed by atoms with Gasteiger partial charge in [0.05, 0.1) is 27.4 Å². The zero-order valence-electron chi connectivity index (χ0n) is 20.8. The van der Waals surface area contributed by atoms with Gasteiger partial charge in [-0.3, -0.25) is 4.79 Å². The standard InChI is InChI=1S/C29H26FN3O3S/c1-4-5-7-20-14-24-26(15-23(20)19-8-6-9-21(13-19)37(30,35)36)33(17(2)3)29-27(28(24)34)22-11-10-18(16-31)12-25(22)32-29/h6,8-15,17,32H,4-5,7H2,1-3H3. The minimum Gasteiger partial charge on any atom is -0.340 e. The van der Waals surface area contributed by atoms with E-state index in [0.29, 0.717) is 45.0 Å². The fraction of sp³-hybridized carbons (Fsp3) is 0.241. The van der Waals surface area contributed by atoms with Crippen molar-refractivity contribution in [2.75, 3.05) is 0 Å². The first-order chi connectivity index (χ1) is 17.6. The second-order valence-corrected chi connectivity index (χ2v) is 11.0. The van der Waals surface area contributed by atoms with Gasteiger partial charge in [0.15, 0.2) is 5.43 Å². The van der Waals surface area contributed by atoms with Crippen molar-refractivity contribution in [3.8, 4) is 17.2 Å². The Kier molecular flexibility index (Phi) is 6.12. The molecule has 0 saturated heterocycles. The molecule has 6 nitrogen and oxygen atoms in total. The summed E-state index contributed by atoms with van der Waals surface area (Å²) in [5.74, 6) is 0. The third-order valence-corrected chi connectivity index (χ3v) is 7.66. The van der Waals surface area contributed by atoms with Gasteiger partial charge in [-0.2, -0.15) is 13.7 Å². The monoisotopic (exact) mass is 515 g/mol. The van der Waals surface area contributed by atoms with E-state index in [9.17, 15) is 22.4 Å². The average molecular weight is 516 g/mol. The molecule has 2 aromatic heterocycles. The van der Waals surface area contributed by atoms with Crippen LogP contribution in [0.3, 0.4) is 0 Å². The van der Waals surface area contributed by atoms with E-state index >= 15 is 0 Å². The number of nitriles is 1. The van der Waals surface area contributed by atoms with Gasteiger partial charge in [0.2, 0.25) is 0 Å². The van der Waals surface area contributed by atoms with Gasteiger partial charge in [-0.05, 0) is 79.8 Å². The van der Waals surface area contributed by atoms with Gasteiger partial charge in [-0.1, -0.05) is 31.5 Å². The molecule has 0 aliphatic heterocycles. The Bertz CT molecular complexity index is 1910. The highest BCUT2D eigenvalue weighted by Crippen LogP contribution is 2.35.